The third-order valence-corrected chi connectivity index (χ3v) is 4.14. The van der Waals surface area contributed by atoms with Crippen LogP contribution in [0.25, 0.3) is 0 Å². The van der Waals surface area contributed by atoms with Gasteiger partial charge in [-0.25, -0.2) is 8.42 Å². The van der Waals surface area contributed by atoms with Crippen molar-refractivity contribution in [3.8, 4) is 0 Å². The van der Waals surface area contributed by atoms with E-state index in [1.165, 1.54) is 32.1 Å². The predicted octanol–water partition coefficient (Wildman–Crippen LogP) is 2.14. The molecule has 0 bridgehead atoms. The van der Waals surface area contributed by atoms with Gasteiger partial charge in [-0.1, -0.05) is 70.8 Å². The summed E-state index contributed by atoms with van der Waals surface area (Å²) in [6.45, 7) is 4.34. The molecular formula is C16H31NaO3S. The molecule has 21 heavy (non-hydrogen) atoms. The van der Waals surface area contributed by atoms with Crippen LogP contribution >= 0.6 is 0 Å². The second-order valence-corrected chi connectivity index (χ2v) is 6.82. The molecule has 0 N–H and O–H groups in total. The van der Waals surface area contributed by atoms with E-state index in [0.717, 1.165) is 55.9 Å². The standard InChI is InChI=1S/C16H32O3S.Na/c1-3-5-7-9-10-12-14-16(15-20(17,18)19)13-11-8-6-4-2;/h15H,3-14H2,1-2H3,(H,17,18,19);/q;+1/p-1. The first-order valence-corrected chi connectivity index (χ1v) is 9.62. The minimum absolute atomic E-state index is 0. The first-order valence-electron chi connectivity index (χ1n) is 8.15. The summed E-state index contributed by atoms with van der Waals surface area (Å²) < 4.78 is 32.6. The van der Waals surface area contributed by atoms with Crippen LogP contribution in [0.2, 0.25) is 0 Å². The van der Waals surface area contributed by atoms with E-state index in [2.05, 4.69) is 13.8 Å². The van der Waals surface area contributed by atoms with E-state index in [4.69, 9.17) is 0 Å². The predicted molar refractivity (Wildman–Crippen MR) is 84.5 cm³/mol. The Hall–Kier alpha value is 0.650. The van der Waals surface area contributed by atoms with Gasteiger partial charge in [0.1, 0.15) is 10.1 Å². The second-order valence-electron chi connectivity index (χ2n) is 5.60. The number of hydrogen-bond acceptors (Lipinski definition) is 3. The van der Waals surface area contributed by atoms with Crippen LogP contribution in [0.5, 0.6) is 0 Å². The van der Waals surface area contributed by atoms with Crippen molar-refractivity contribution in [2.45, 2.75) is 90.9 Å². The molecule has 120 valence electrons. The molecule has 0 amide bonds. The summed E-state index contributed by atoms with van der Waals surface area (Å²) in [5.41, 5.74) is 0.826. The van der Waals surface area contributed by atoms with E-state index in [1.807, 2.05) is 0 Å². The summed E-state index contributed by atoms with van der Waals surface area (Å²) >= 11 is 0. The van der Waals surface area contributed by atoms with Crippen LogP contribution in [0.4, 0.5) is 0 Å². The van der Waals surface area contributed by atoms with Gasteiger partial charge in [0.05, 0.1) is 0 Å². The third-order valence-electron chi connectivity index (χ3n) is 3.51. The third kappa shape index (κ3) is 18.6. The molecule has 0 aromatic carbocycles. The summed E-state index contributed by atoms with van der Waals surface area (Å²) in [6, 6.07) is 0. The number of unbranched alkanes of at least 4 members (excludes halogenated alkanes) is 8. The average molecular weight is 326 g/mol. The molecule has 0 saturated heterocycles. The number of hydrogen-bond donors (Lipinski definition) is 0. The Bertz CT molecular complexity index is 351. The Balaban J connectivity index is 0. The van der Waals surface area contributed by atoms with E-state index in [0.29, 0.717) is 0 Å². The van der Waals surface area contributed by atoms with E-state index >= 15 is 0 Å². The van der Waals surface area contributed by atoms with Gasteiger partial charge in [0.25, 0.3) is 0 Å². The molecule has 0 unspecified atom stereocenters. The second kappa shape index (κ2) is 15.5. The van der Waals surface area contributed by atoms with E-state index in [9.17, 15) is 13.0 Å². The number of rotatable bonds is 13. The molecular weight excluding hydrogens is 295 g/mol. The maximum absolute atomic E-state index is 10.9. The Kier molecular flexibility index (Phi) is 17.7. The maximum Gasteiger partial charge on any atom is 1.00 e. The largest absolute Gasteiger partial charge is 1.00 e. The summed E-state index contributed by atoms with van der Waals surface area (Å²) in [6.07, 6.45) is 13.1. The first-order chi connectivity index (χ1) is 9.49. The minimum Gasteiger partial charge on any atom is -0.744 e. The molecule has 0 atom stereocenters. The quantitative estimate of drug-likeness (QED) is 0.296. The molecule has 0 rings (SSSR count). The summed E-state index contributed by atoms with van der Waals surface area (Å²) in [7, 11) is -4.23. The van der Waals surface area contributed by atoms with Crippen molar-refractivity contribution in [3.63, 3.8) is 0 Å². The van der Waals surface area contributed by atoms with Gasteiger partial charge < -0.3 is 4.55 Å². The van der Waals surface area contributed by atoms with Crippen molar-refractivity contribution in [1.29, 1.82) is 0 Å². The van der Waals surface area contributed by atoms with Crippen molar-refractivity contribution >= 4 is 10.1 Å². The van der Waals surface area contributed by atoms with Gasteiger partial charge >= 0.3 is 29.6 Å². The van der Waals surface area contributed by atoms with Gasteiger partial charge in [-0.2, -0.15) is 0 Å². The molecule has 0 radical (unpaired) electrons. The fourth-order valence-electron chi connectivity index (χ4n) is 2.36. The molecule has 0 heterocycles. The zero-order valence-electron chi connectivity index (χ0n) is 14.2. The van der Waals surface area contributed by atoms with Crippen LogP contribution in [-0.2, 0) is 10.1 Å². The van der Waals surface area contributed by atoms with Crippen molar-refractivity contribution in [1.82, 2.24) is 0 Å². The normalized spacial score (nSPS) is 12.2. The maximum atomic E-state index is 10.9. The Morgan fingerprint density at radius 3 is 1.62 bits per heavy atom. The van der Waals surface area contributed by atoms with Gasteiger partial charge in [-0.3, -0.25) is 0 Å². The van der Waals surface area contributed by atoms with E-state index < -0.39 is 10.1 Å². The van der Waals surface area contributed by atoms with Crippen LogP contribution in [-0.4, -0.2) is 13.0 Å². The smallest absolute Gasteiger partial charge is 0.744 e. The van der Waals surface area contributed by atoms with Crippen LogP contribution in [0.1, 0.15) is 90.9 Å². The average Bonchev–Trinajstić information content (AvgIpc) is 2.36. The fourth-order valence-corrected chi connectivity index (χ4v) is 3.00. The van der Waals surface area contributed by atoms with Crippen LogP contribution < -0.4 is 29.6 Å². The topological polar surface area (TPSA) is 57.2 Å². The van der Waals surface area contributed by atoms with Crippen LogP contribution in [0, 0.1) is 0 Å². The van der Waals surface area contributed by atoms with Crippen molar-refractivity contribution in [3.05, 3.63) is 11.0 Å². The Morgan fingerprint density at radius 2 is 1.19 bits per heavy atom. The molecule has 0 aliphatic heterocycles. The molecule has 0 aliphatic rings. The van der Waals surface area contributed by atoms with E-state index in [1.54, 1.807) is 0 Å². The van der Waals surface area contributed by atoms with Crippen LogP contribution in [0.15, 0.2) is 11.0 Å². The Labute approximate surface area is 154 Å². The first kappa shape index (κ1) is 23.9. The molecule has 0 saturated carbocycles. The summed E-state index contributed by atoms with van der Waals surface area (Å²) in [5.74, 6) is 0. The minimum atomic E-state index is -4.23. The molecule has 0 spiro atoms. The van der Waals surface area contributed by atoms with Gasteiger partial charge in [0, 0.05) is 5.41 Å². The molecule has 0 fully saturated rings. The number of allylic oxidation sites excluding steroid dienone is 1. The molecule has 3 nitrogen and oxygen atoms in total. The van der Waals surface area contributed by atoms with Crippen molar-refractivity contribution < 1.29 is 42.5 Å². The van der Waals surface area contributed by atoms with Gasteiger partial charge in [0.15, 0.2) is 0 Å². The molecule has 0 aromatic heterocycles. The van der Waals surface area contributed by atoms with Gasteiger partial charge in [-0.15, -0.1) is 0 Å². The Morgan fingerprint density at radius 1 is 0.810 bits per heavy atom. The molecule has 5 heteroatoms. The van der Waals surface area contributed by atoms with Crippen molar-refractivity contribution in [2.75, 3.05) is 0 Å². The van der Waals surface area contributed by atoms with Crippen LogP contribution in [0.3, 0.4) is 0 Å². The zero-order chi connectivity index (χ0) is 15.3. The molecule has 0 aliphatic carbocycles. The zero-order valence-corrected chi connectivity index (χ0v) is 17.0. The molecule has 0 aromatic rings. The van der Waals surface area contributed by atoms with Gasteiger partial charge in [0.2, 0.25) is 0 Å². The monoisotopic (exact) mass is 326 g/mol. The van der Waals surface area contributed by atoms with Gasteiger partial charge in [-0.05, 0) is 25.7 Å². The summed E-state index contributed by atoms with van der Waals surface area (Å²) in [5, 5.41) is 0.963. The SMILES string of the molecule is CCCCCCCCC(=CS(=O)(=O)[O-])CCCCCC.[Na+]. The van der Waals surface area contributed by atoms with Crippen molar-refractivity contribution in [2.24, 2.45) is 0 Å². The summed E-state index contributed by atoms with van der Waals surface area (Å²) in [4.78, 5) is 0. The van der Waals surface area contributed by atoms with E-state index in [-0.39, 0.29) is 29.6 Å². The fraction of sp³-hybridized carbons (Fsp3) is 0.875.